The van der Waals surface area contributed by atoms with Crippen molar-refractivity contribution in [1.29, 1.82) is 0 Å². The number of nitrogens with two attached hydrogens (primary N) is 1. The first-order valence-corrected chi connectivity index (χ1v) is 5.53. The van der Waals surface area contributed by atoms with E-state index < -0.39 is 0 Å². The van der Waals surface area contributed by atoms with E-state index in [0.717, 1.165) is 0 Å². The highest BCUT2D eigenvalue weighted by molar-refractivity contribution is 5.75. The van der Waals surface area contributed by atoms with Crippen molar-refractivity contribution in [2.75, 3.05) is 12.3 Å². The number of carbonyl (C=O) groups is 1. The molecule has 2 aromatic rings. The van der Waals surface area contributed by atoms with Crippen molar-refractivity contribution in [1.82, 2.24) is 29.9 Å². The van der Waals surface area contributed by atoms with E-state index in [1.54, 1.807) is 30.3 Å². The molecule has 0 saturated heterocycles. The van der Waals surface area contributed by atoms with Crippen LogP contribution in [0.3, 0.4) is 0 Å². The Bertz CT molecular complexity index is 530. The molecular formula is C10H15N7O. The van der Waals surface area contributed by atoms with E-state index in [0.29, 0.717) is 24.6 Å². The fourth-order valence-electron chi connectivity index (χ4n) is 1.48. The fourth-order valence-corrected chi connectivity index (χ4v) is 1.48. The van der Waals surface area contributed by atoms with Crippen LogP contribution in [0.25, 0.3) is 0 Å². The number of hydrogen-bond acceptors (Lipinski definition) is 5. The molecule has 2 heterocycles. The first kappa shape index (κ1) is 12.1. The number of nitrogens with zero attached hydrogens (tertiary/aromatic N) is 5. The van der Waals surface area contributed by atoms with Crippen LogP contribution in [-0.2, 0) is 24.8 Å². The zero-order valence-electron chi connectivity index (χ0n) is 10.1. The number of amides is 1. The Morgan fingerprint density at radius 2 is 2.33 bits per heavy atom. The molecule has 0 aliphatic heterocycles. The van der Waals surface area contributed by atoms with Gasteiger partial charge in [0, 0.05) is 26.2 Å². The van der Waals surface area contributed by atoms with Gasteiger partial charge in [0.2, 0.25) is 5.91 Å². The van der Waals surface area contributed by atoms with Gasteiger partial charge in [-0.05, 0) is 6.07 Å². The number of aryl methyl sites for hydroxylation is 1. The molecular weight excluding hydrogens is 234 g/mol. The Hall–Kier alpha value is -2.38. The molecule has 18 heavy (non-hydrogen) atoms. The van der Waals surface area contributed by atoms with Gasteiger partial charge in [-0.3, -0.25) is 14.2 Å². The highest BCUT2D eigenvalue weighted by Crippen LogP contribution is 1.95. The fraction of sp³-hybridized carbons (Fsp3) is 0.400. The van der Waals surface area contributed by atoms with Gasteiger partial charge in [-0.25, -0.2) is 4.98 Å². The first-order chi connectivity index (χ1) is 8.63. The van der Waals surface area contributed by atoms with Gasteiger partial charge in [0.15, 0.2) is 5.82 Å². The summed E-state index contributed by atoms with van der Waals surface area (Å²) in [6.45, 7) is 0.659. The second-order valence-corrected chi connectivity index (χ2v) is 3.87. The van der Waals surface area contributed by atoms with E-state index in [1.807, 2.05) is 0 Å². The maximum absolute atomic E-state index is 11.6. The van der Waals surface area contributed by atoms with Crippen molar-refractivity contribution < 1.29 is 4.79 Å². The highest BCUT2D eigenvalue weighted by Gasteiger charge is 2.04. The lowest BCUT2D eigenvalue weighted by Crippen LogP contribution is -2.29. The minimum absolute atomic E-state index is 0.117. The van der Waals surface area contributed by atoms with Crippen molar-refractivity contribution in [3.05, 3.63) is 24.4 Å². The third kappa shape index (κ3) is 3.30. The predicted molar refractivity (Wildman–Crippen MR) is 64.4 cm³/mol. The monoisotopic (exact) mass is 249 g/mol. The molecule has 1 amide bonds. The van der Waals surface area contributed by atoms with E-state index in [1.165, 1.54) is 4.68 Å². The minimum Gasteiger partial charge on any atom is -0.382 e. The normalized spacial score (nSPS) is 10.5. The summed E-state index contributed by atoms with van der Waals surface area (Å²) in [7, 11) is 1.80. The smallest absolute Gasteiger partial charge is 0.241 e. The topological polar surface area (TPSA) is 104 Å². The zero-order chi connectivity index (χ0) is 13.0. The third-order valence-electron chi connectivity index (χ3n) is 2.28. The van der Waals surface area contributed by atoms with Gasteiger partial charge < -0.3 is 11.1 Å². The van der Waals surface area contributed by atoms with Gasteiger partial charge >= 0.3 is 0 Å². The molecule has 2 aromatic heterocycles. The molecule has 0 aromatic carbocycles. The summed E-state index contributed by atoms with van der Waals surface area (Å²) in [5, 5.41) is 10.8. The van der Waals surface area contributed by atoms with E-state index in [2.05, 4.69) is 20.5 Å². The van der Waals surface area contributed by atoms with Crippen molar-refractivity contribution in [2.24, 2.45) is 7.05 Å². The molecule has 8 nitrogen and oxygen atoms in total. The molecule has 0 radical (unpaired) electrons. The molecule has 0 saturated carbocycles. The second kappa shape index (κ2) is 5.30. The molecule has 0 fully saturated rings. The van der Waals surface area contributed by atoms with Crippen LogP contribution in [0.5, 0.6) is 0 Å². The highest BCUT2D eigenvalue weighted by atomic mass is 16.2. The minimum atomic E-state index is -0.117. The summed E-state index contributed by atoms with van der Waals surface area (Å²) in [6, 6.07) is 1.64. The van der Waals surface area contributed by atoms with Crippen molar-refractivity contribution in [2.45, 2.75) is 13.0 Å². The summed E-state index contributed by atoms with van der Waals surface area (Å²) in [4.78, 5) is 15.6. The molecule has 2 rings (SSSR count). The molecule has 8 heteroatoms. The lowest BCUT2D eigenvalue weighted by molar-refractivity contribution is -0.121. The molecule has 0 spiro atoms. The summed E-state index contributed by atoms with van der Waals surface area (Å²) in [6.07, 6.45) is 3.90. The van der Waals surface area contributed by atoms with Crippen LogP contribution in [0.2, 0.25) is 0 Å². The molecule has 0 bridgehead atoms. The average molecular weight is 249 g/mol. The molecule has 96 valence electrons. The quantitative estimate of drug-likeness (QED) is 0.704. The van der Waals surface area contributed by atoms with E-state index >= 15 is 0 Å². The maximum Gasteiger partial charge on any atom is 0.241 e. The first-order valence-electron chi connectivity index (χ1n) is 5.53. The maximum atomic E-state index is 11.6. The number of aromatic nitrogens is 5. The number of hydrogen-bond donors (Lipinski definition) is 2. The number of nitrogens with one attached hydrogen (secondary N) is 1. The van der Waals surface area contributed by atoms with Gasteiger partial charge in [-0.15, -0.1) is 0 Å². The summed E-state index contributed by atoms with van der Waals surface area (Å²) >= 11 is 0. The van der Waals surface area contributed by atoms with Crippen molar-refractivity contribution in [3.63, 3.8) is 0 Å². The molecule has 0 atom stereocenters. The van der Waals surface area contributed by atoms with Crippen molar-refractivity contribution >= 4 is 11.7 Å². The van der Waals surface area contributed by atoms with Gasteiger partial charge in [-0.2, -0.15) is 10.2 Å². The largest absolute Gasteiger partial charge is 0.382 e. The van der Waals surface area contributed by atoms with E-state index in [9.17, 15) is 4.79 Å². The lowest BCUT2D eigenvalue weighted by Gasteiger charge is -2.03. The SMILES string of the molecule is Cn1cnc(CCNC(=O)Cn2ccc(N)n2)n1. The van der Waals surface area contributed by atoms with Crippen LogP contribution in [0.4, 0.5) is 5.82 Å². The van der Waals surface area contributed by atoms with Gasteiger partial charge in [0.1, 0.15) is 18.7 Å². The van der Waals surface area contributed by atoms with E-state index in [4.69, 9.17) is 5.73 Å². The Morgan fingerprint density at radius 1 is 1.50 bits per heavy atom. The summed E-state index contributed by atoms with van der Waals surface area (Å²) < 4.78 is 3.12. The lowest BCUT2D eigenvalue weighted by atomic mass is 10.4. The number of rotatable bonds is 5. The van der Waals surface area contributed by atoms with Gasteiger partial charge in [0.05, 0.1) is 0 Å². The Kier molecular flexibility index (Phi) is 3.56. The van der Waals surface area contributed by atoms with Crippen molar-refractivity contribution in [3.8, 4) is 0 Å². The van der Waals surface area contributed by atoms with Gasteiger partial charge in [-0.1, -0.05) is 0 Å². The number of anilines is 1. The Morgan fingerprint density at radius 3 is 2.94 bits per heavy atom. The molecule has 0 unspecified atom stereocenters. The van der Waals surface area contributed by atoms with Crippen LogP contribution in [-0.4, -0.2) is 37.0 Å². The van der Waals surface area contributed by atoms with Crippen LogP contribution >= 0.6 is 0 Å². The van der Waals surface area contributed by atoms with Crippen LogP contribution < -0.4 is 11.1 Å². The van der Waals surface area contributed by atoms with Crippen LogP contribution in [0.1, 0.15) is 5.82 Å². The molecule has 0 aliphatic carbocycles. The predicted octanol–water partition coefficient (Wildman–Crippen LogP) is -1.05. The standard InChI is InChI=1S/C10H15N7O/c1-16-7-13-9(15-16)2-4-12-10(18)6-17-5-3-8(11)14-17/h3,5,7H,2,4,6H2,1H3,(H2,11,14)(H,12,18). The second-order valence-electron chi connectivity index (χ2n) is 3.87. The Labute approximate surface area is 104 Å². The average Bonchev–Trinajstić information content (AvgIpc) is 2.88. The summed E-state index contributed by atoms with van der Waals surface area (Å²) in [5.41, 5.74) is 5.45. The van der Waals surface area contributed by atoms with Gasteiger partial charge in [0.25, 0.3) is 0 Å². The van der Waals surface area contributed by atoms with Crippen LogP contribution in [0.15, 0.2) is 18.6 Å². The van der Waals surface area contributed by atoms with Crippen LogP contribution in [0, 0.1) is 0 Å². The number of nitrogen functional groups attached to an aromatic ring is 1. The third-order valence-corrected chi connectivity index (χ3v) is 2.28. The summed E-state index contributed by atoms with van der Waals surface area (Å²) in [5.74, 6) is 0.996. The Balaban J connectivity index is 1.72. The molecule has 0 aliphatic rings. The zero-order valence-corrected chi connectivity index (χ0v) is 10.1. The molecule has 3 N–H and O–H groups in total. The van der Waals surface area contributed by atoms with E-state index in [-0.39, 0.29) is 12.5 Å². The number of carbonyl (C=O) groups excluding carboxylic acids is 1.